The van der Waals surface area contributed by atoms with Crippen molar-refractivity contribution < 1.29 is 24.5 Å². The van der Waals surface area contributed by atoms with Gasteiger partial charge in [0.25, 0.3) is 0 Å². The second kappa shape index (κ2) is 65.3. The molecule has 0 fully saturated rings. The van der Waals surface area contributed by atoms with Crippen LogP contribution in [-0.4, -0.2) is 47.4 Å². The topological polar surface area (TPSA) is 95.9 Å². The van der Waals surface area contributed by atoms with Crippen molar-refractivity contribution in [3.8, 4) is 0 Å². The van der Waals surface area contributed by atoms with E-state index in [0.717, 1.165) is 77.0 Å². The van der Waals surface area contributed by atoms with Gasteiger partial charge in [-0.25, -0.2) is 0 Å². The largest absolute Gasteiger partial charge is 0.466 e. The van der Waals surface area contributed by atoms with Gasteiger partial charge < -0.3 is 20.3 Å². The van der Waals surface area contributed by atoms with Crippen molar-refractivity contribution in [3.63, 3.8) is 0 Å². The summed E-state index contributed by atoms with van der Waals surface area (Å²) in [5.41, 5.74) is 0. The summed E-state index contributed by atoms with van der Waals surface area (Å²) >= 11 is 0. The van der Waals surface area contributed by atoms with Gasteiger partial charge in [0.15, 0.2) is 0 Å². The van der Waals surface area contributed by atoms with Gasteiger partial charge in [-0.05, 0) is 89.9 Å². The fourth-order valence-corrected chi connectivity index (χ4v) is 10.4. The summed E-state index contributed by atoms with van der Waals surface area (Å²) in [4.78, 5) is 24.6. The molecule has 0 saturated heterocycles. The van der Waals surface area contributed by atoms with Crippen LogP contribution in [0.3, 0.4) is 0 Å². The third-order valence-corrected chi connectivity index (χ3v) is 15.6. The Hall–Kier alpha value is -2.18. The lowest BCUT2D eigenvalue weighted by Crippen LogP contribution is -2.45. The highest BCUT2D eigenvalue weighted by atomic mass is 16.5. The molecule has 3 N–H and O–H groups in total. The summed E-state index contributed by atoms with van der Waals surface area (Å²) in [6.45, 7) is 4.88. The van der Waals surface area contributed by atoms with Crippen molar-refractivity contribution >= 4 is 11.9 Å². The molecule has 0 aromatic carbocycles. The van der Waals surface area contributed by atoms with Crippen molar-refractivity contribution in [3.05, 3.63) is 48.6 Å². The van der Waals surface area contributed by atoms with E-state index in [4.69, 9.17) is 4.74 Å². The quantitative estimate of drug-likeness (QED) is 0.0244. The number of allylic oxidation sites excluding steroid dienone is 7. The first-order chi connectivity index (χ1) is 37.5. The minimum absolute atomic E-state index is 0.0143. The van der Waals surface area contributed by atoms with E-state index in [-0.39, 0.29) is 18.5 Å². The van der Waals surface area contributed by atoms with Crippen molar-refractivity contribution in [2.24, 2.45) is 0 Å². The van der Waals surface area contributed by atoms with Crippen LogP contribution in [0.5, 0.6) is 0 Å². The molecule has 76 heavy (non-hydrogen) atoms. The normalized spacial score (nSPS) is 12.8. The van der Waals surface area contributed by atoms with Crippen molar-refractivity contribution in [2.75, 3.05) is 13.2 Å². The lowest BCUT2D eigenvalue weighted by molar-refractivity contribution is -0.143. The van der Waals surface area contributed by atoms with Crippen LogP contribution < -0.4 is 5.32 Å². The van der Waals surface area contributed by atoms with Gasteiger partial charge >= 0.3 is 5.97 Å². The van der Waals surface area contributed by atoms with Crippen LogP contribution in [-0.2, 0) is 14.3 Å². The lowest BCUT2D eigenvalue weighted by Gasteiger charge is -2.20. The Morgan fingerprint density at radius 3 is 1.01 bits per heavy atom. The Morgan fingerprint density at radius 1 is 0.368 bits per heavy atom. The van der Waals surface area contributed by atoms with E-state index in [1.807, 2.05) is 6.08 Å². The SMILES string of the molecule is CCCCCCCC/C=C\CCCCCCCCCCCC(=O)OCCCCC/C=C\C=C/CCCCCCCCCCCCC(=O)NC(CO)C(O)/C=C/CCCCCCCCCCCCCCCCCCCCC. The van der Waals surface area contributed by atoms with Crippen molar-refractivity contribution in [2.45, 2.75) is 373 Å². The molecule has 0 radical (unpaired) electrons. The zero-order valence-electron chi connectivity index (χ0n) is 51.0. The summed E-state index contributed by atoms with van der Waals surface area (Å²) in [5.74, 6) is -0.0896. The molecule has 2 unspecified atom stereocenters. The highest BCUT2D eigenvalue weighted by Gasteiger charge is 2.18. The first kappa shape index (κ1) is 73.8. The van der Waals surface area contributed by atoms with Crippen molar-refractivity contribution in [1.82, 2.24) is 5.32 Å². The monoisotopic (exact) mass is 1070 g/mol. The molecular weight excluding hydrogens is 935 g/mol. The first-order valence-electron chi connectivity index (χ1n) is 33.9. The number of esters is 1. The van der Waals surface area contributed by atoms with Crippen LogP contribution in [0.25, 0.3) is 0 Å². The lowest BCUT2D eigenvalue weighted by atomic mass is 10.0. The van der Waals surface area contributed by atoms with Crippen LogP contribution in [0.4, 0.5) is 0 Å². The van der Waals surface area contributed by atoms with Gasteiger partial charge in [-0.3, -0.25) is 9.59 Å². The van der Waals surface area contributed by atoms with Gasteiger partial charge in [0.1, 0.15) is 0 Å². The smallest absolute Gasteiger partial charge is 0.305 e. The zero-order valence-corrected chi connectivity index (χ0v) is 51.0. The molecule has 0 aliphatic heterocycles. The second-order valence-electron chi connectivity index (χ2n) is 23.2. The van der Waals surface area contributed by atoms with Gasteiger partial charge in [-0.1, -0.05) is 306 Å². The number of aliphatic hydroxyl groups is 2. The molecular formula is C70H131NO5. The van der Waals surface area contributed by atoms with E-state index >= 15 is 0 Å². The highest BCUT2D eigenvalue weighted by molar-refractivity contribution is 5.76. The molecule has 1 amide bonds. The predicted molar refractivity (Wildman–Crippen MR) is 333 cm³/mol. The fraction of sp³-hybridized carbons (Fsp3) is 0.857. The maximum absolute atomic E-state index is 12.5. The number of hydrogen-bond acceptors (Lipinski definition) is 5. The van der Waals surface area contributed by atoms with Gasteiger partial charge in [0, 0.05) is 12.8 Å². The summed E-state index contributed by atoms with van der Waals surface area (Å²) in [5, 5.41) is 23.2. The van der Waals surface area contributed by atoms with E-state index in [0.29, 0.717) is 19.4 Å². The van der Waals surface area contributed by atoms with Crippen LogP contribution in [0.2, 0.25) is 0 Å². The van der Waals surface area contributed by atoms with E-state index in [2.05, 4.69) is 55.6 Å². The predicted octanol–water partition coefficient (Wildman–Crippen LogP) is 21.7. The number of nitrogens with one attached hydrogen (secondary N) is 1. The number of unbranched alkanes of at least 4 members (excludes halogenated alkanes) is 47. The number of rotatable bonds is 63. The first-order valence-corrected chi connectivity index (χ1v) is 33.9. The molecule has 446 valence electrons. The van der Waals surface area contributed by atoms with Gasteiger partial charge in [-0.15, -0.1) is 0 Å². The summed E-state index contributed by atoms with van der Waals surface area (Å²) in [7, 11) is 0. The Morgan fingerprint density at radius 2 is 0.658 bits per heavy atom. The van der Waals surface area contributed by atoms with Gasteiger partial charge in [-0.2, -0.15) is 0 Å². The minimum Gasteiger partial charge on any atom is -0.466 e. The van der Waals surface area contributed by atoms with Gasteiger partial charge in [0.05, 0.1) is 25.4 Å². The number of carbonyl (C=O) groups excluding carboxylic acids is 2. The summed E-state index contributed by atoms with van der Waals surface area (Å²) in [6, 6.07) is -0.638. The number of hydrogen-bond donors (Lipinski definition) is 3. The summed E-state index contributed by atoms with van der Waals surface area (Å²) < 4.78 is 5.48. The zero-order chi connectivity index (χ0) is 55.0. The molecule has 0 aliphatic carbocycles. The number of ether oxygens (including phenoxy) is 1. The third-order valence-electron chi connectivity index (χ3n) is 15.6. The maximum Gasteiger partial charge on any atom is 0.305 e. The molecule has 0 bridgehead atoms. The molecule has 0 heterocycles. The van der Waals surface area contributed by atoms with Gasteiger partial charge in [0.2, 0.25) is 5.91 Å². The van der Waals surface area contributed by atoms with E-state index in [9.17, 15) is 19.8 Å². The molecule has 6 heteroatoms. The molecule has 2 atom stereocenters. The summed E-state index contributed by atoms with van der Waals surface area (Å²) in [6.07, 6.45) is 84.5. The van der Waals surface area contributed by atoms with Crippen LogP contribution in [0, 0.1) is 0 Å². The Labute approximate surface area is 474 Å². The fourth-order valence-electron chi connectivity index (χ4n) is 10.4. The standard InChI is InChI=1S/C70H131NO5/c1-3-5-7-9-11-13-15-17-19-21-23-24-27-30-34-38-42-46-50-54-58-62-68(73)67(66-72)71-69(74)63-59-55-51-47-43-39-35-31-28-25-29-33-37-41-45-49-53-57-61-65-76-70(75)64-60-56-52-48-44-40-36-32-26-22-20-18-16-14-12-10-8-6-4-2/h18,20,33,37,41,45,58,62,67-68,72-73H,3-17,19,21-32,34-36,38-40,42-44,46-57,59-61,63-66H2,1-2H3,(H,71,74)/b20-18-,37-33-,45-41-,62-58+. The van der Waals surface area contributed by atoms with E-state index in [1.54, 1.807) is 6.08 Å². The Balaban J connectivity index is 3.49. The average molecular weight is 1070 g/mol. The third kappa shape index (κ3) is 61.0. The molecule has 6 nitrogen and oxygen atoms in total. The molecule has 0 aliphatic rings. The Bertz CT molecular complexity index is 1270. The van der Waals surface area contributed by atoms with Crippen LogP contribution >= 0.6 is 0 Å². The Kier molecular flexibility index (Phi) is 63.5. The molecule has 0 saturated carbocycles. The molecule has 0 rings (SSSR count). The number of aliphatic hydroxyl groups excluding tert-OH is 2. The van der Waals surface area contributed by atoms with Crippen LogP contribution in [0.1, 0.15) is 361 Å². The van der Waals surface area contributed by atoms with E-state index < -0.39 is 12.1 Å². The molecule has 0 aromatic heterocycles. The second-order valence-corrected chi connectivity index (χ2v) is 23.2. The molecule has 0 aromatic rings. The highest BCUT2D eigenvalue weighted by Crippen LogP contribution is 2.18. The number of carbonyl (C=O) groups is 2. The van der Waals surface area contributed by atoms with Crippen LogP contribution in [0.15, 0.2) is 48.6 Å². The minimum atomic E-state index is -0.853. The maximum atomic E-state index is 12.5. The molecule has 0 spiro atoms. The number of amides is 1. The van der Waals surface area contributed by atoms with Crippen molar-refractivity contribution in [1.29, 1.82) is 0 Å². The van der Waals surface area contributed by atoms with E-state index in [1.165, 1.54) is 257 Å². The average Bonchev–Trinajstić information content (AvgIpc) is 3.42.